The molecule has 0 N–H and O–H groups in total. The Kier molecular flexibility index (Phi) is 4.23. The molecule has 108 valence electrons. The molecule has 0 fully saturated rings. The van der Waals surface area contributed by atoms with E-state index in [-0.39, 0.29) is 5.78 Å². The maximum atomic E-state index is 12.8. The van der Waals surface area contributed by atoms with Crippen LogP contribution in [0.5, 0.6) is 0 Å². The van der Waals surface area contributed by atoms with E-state index in [9.17, 15) is 4.79 Å². The highest BCUT2D eigenvalue weighted by molar-refractivity contribution is 6.35. The maximum Gasteiger partial charge on any atom is 0.196 e. The van der Waals surface area contributed by atoms with Gasteiger partial charge in [-0.1, -0.05) is 47.5 Å². The van der Waals surface area contributed by atoms with Gasteiger partial charge < -0.3 is 0 Å². The van der Waals surface area contributed by atoms with E-state index in [1.54, 1.807) is 54.7 Å². The largest absolute Gasteiger partial charge is 0.288 e. The second-order valence-electron chi connectivity index (χ2n) is 4.72. The molecule has 0 radical (unpaired) electrons. The Morgan fingerprint density at radius 3 is 2.41 bits per heavy atom. The molecular formula is C18H11Cl2NO. The summed E-state index contributed by atoms with van der Waals surface area (Å²) >= 11 is 12.2. The van der Waals surface area contributed by atoms with E-state index in [1.807, 2.05) is 12.1 Å². The van der Waals surface area contributed by atoms with Crippen molar-refractivity contribution in [1.29, 1.82) is 0 Å². The van der Waals surface area contributed by atoms with Crippen LogP contribution in [0.4, 0.5) is 0 Å². The lowest BCUT2D eigenvalue weighted by molar-refractivity contribution is 0.103. The minimum absolute atomic E-state index is 0.159. The van der Waals surface area contributed by atoms with E-state index in [1.165, 1.54) is 0 Å². The van der Waals surface area contributed by atoms with Crippen molar-refractivity contribution in [3.63, 3.8) is 0 Å². The molecule has 0 aliphatic heterocycles. The van der Waals surface area contributed by atoms with Crippen LogP contribution in [-0.2, 0) is 0 Å². The number of hydrogen-bond donors (Lipinski definition) is 0. The molecule has 0 aliphatic rings. The summed E-state index contributed by atoms with van der Waals surface area (Å²) in [6, 6.07) is 17.7. The molecule has 0 spiro atoms. The van der Waals surface area contributed by atoms with Crippen molar-refractivity contribution in [2.24, 2.45) is 0 Å². The van der Waals surface area contributed by atoms with Crippen molar-refractivity contribution >= 4 is 29.0 Å². The van der Waals surface area contributed by atoms with E-state index in [2.05, 4.69) is 4.98 Å². The summed E-state index contributed by atoms with van der Waals surface area (Å²) in [5, 5.41) is 1.02. The van der Waals surface area contributed by atoms with E-state index >= 15 is 0 Å². The maximum absolute atomic E-state index is 12.8. The fourth-order valence-electron chi connectivity index (χ4n) is 2.24. The predicted octanol–water partition coefficient (Wildman–Crippen LogP) is 5.29. The van der Waals surface area contributed by atoms with Crippen LogP contribution in [0, 0.1) is 0 Å². The SMILES string of the molecule is O=C(c1ccccc1Cl)c1cccnc1-c1cccc(Cl)c1. The third kappa shape index (κ3) is 2.89. The van der Waals surface area contributed by atoms with Crippen molar-refractivity contribution < 1.29 is 4.79 Å². The Bertz CT molecular complexity index is 846. The average molecular weight is 328 g/mol. The van der Waals surface area contributed by atoms with Gasteiger partial charge in [0.2, 0.25) is 0 Å². The molecule has 0 unspecified atom stereocenters. The quantitative estimate of drug-likeness (QED) is 0.612. The molecule has 1 aromatic heterocycles. The topological polar surface area (TPSA) is 30.0 Å². The summed E-state index contributed by atoms with van der Waals surface area (Å²) < 4.78 is 0. The molecule has 2 aromatic carbocycles. The highest BCUT2D eigenvalue weighted by Gasteiger charge is 2.17. The van der Waals surface area contributed by atoms with E-state index < -0.39 is 0 Å². The number of pyridine rings is 1. The number of carbonyl (C=O) groups is 1. The van der Waals surface area contributed by atoms with E-state index in [4.69, 9.17) is 23.2 Å². The zero-order valence-electron chi connectivity index (χ0n) is 11.5. The predicted molar refractivity (Wildman–Crippen MR) is 89.6 cm³/mol. The van der Waals surface area contributed by atoms with Gasteiger partial charge in [-0.15, -0.1) is 0 Å². The number of aromatic nitrogens is 1. The third-order valence-electron chi connectivity index (χ3n) is 3.27. The summed E-state index contributed by atoms with van der Waals surface area (Å²) in [5.74, 6) is -0.159. The van der Waals surface area contributed by atoms with Gasteiger partial charge in [0, 0.05) is 27.9 Å². The van der Waals surface area contributed by atoms with Gasteiger partial charge in [0.05, 0.1) is 10.7 Å². The molecule has 0 saturated carbocycles. The smallest absolute Gasteiger partial charge is 0.196 e. The number of carbonyl (C=O) groups excluding carboxylic acids is 1. The lowest BCUT2D eigenvalue weighted by Gasteiger charge is -2.09. The van der Waals surface area contributed by atoms with Crippen molar-refractivity contribution in [1.82, 2.24) is 4.98 Å². The lowest BCUT2D eigenvalue weighted by atomic mass is 9.98. The molecule has 3 rings (SSSR count). The Hall–Kier alpha value is -2.16. The lowest BCUT2D eigenvalue weighted by Crippen LogP contribution is -2.05. The first-order valence-corrected chi connectivity index (χ1v) is 7.42. The molecule has 0 bridgehead atoms. The van der Waals surface area contributed by atoms with Gasteiger partial charge >= 0.3 is 0 Å². The summed E-state index contributed by atoms with van der Waals surface area (Å²) in [5.41, 5.74) is 2.34. The first-order chi connectivity index (χ1) is 10.7. The molecule has 0 aliphatic carbocycles. The molecule has 2 nitrogen and oxygen atoms in total. The van der Waals surface area contributed by atoms with Gasteiger partial charge in [0.25, 0.3) is 0 Å². The second-order valence-corrected chi connectivity index (χ2v) is 5.56. The first-order valence-electron chi connectivity index (χ1n) is 6.67. The number of hydrogen-bond acceptors (Lipinski definition) is 2. The van der Waals surface area contributed by atoms with Gasteiger partial charge in [-0.3, -0.25) is 9.78 Å². The van der Waals surface area contributed by atoms with Gasteiger partial charge in [-0.05, 0) is 36.4 Å². The first kappa shape index (κ1) is 14.8. The van der Waals surface area contributed by atoms with Crippen LogP contribution in [0.1, 0.15) is 15.9 Å². The minimum atomic E-state index is -0.159. The van der Waals surface area contributed by atoms with Crippen molar-refractivity contribution in [2.45, 2.75) is 0 Å². The van der Waals surface area contributed by atoms with Crippen molar-refractivity contribution in [3.05, 3.63) is 88.0 Å². The number of rotatable bonds is 3. The molecule has 0 saturated heterocycles. The highest BCUT2D eigenvalue weighted by Crippen LogP contribution is 2.27. The van der Waals surface area contributed by atoms with Crippen LogP contribution in [0.25, 0.3) is 11.3 Å². The molecule has 4 heteroatoms. The molecular weight excluding hydrogens is 317 g/mol. The zero-order valence-corrected chi connectivity index (χ0v) is 13.0. The average Bonchev–Trinajstić information content (AvgIpc) is 2.55. The van der Waals surface area contributed by atoms with Crippen LogP contribution in [0.3, 0.4) is 0 Å². The van der Waals surface area contributed by atoms with Gasteiger partial charge in [-0.2, -0.15) is 0 Å². The minimum Gasteiger partial charge on any atom is -0.288 e. The molecule has 0 amide bonds. The van der Waals surface area contributed by atoms with Crippen LogP contribution in [-0.4, -0.2) is 10.8 Å². The second kappa shape index (κ2) is 6.30. The Morgan fingerprint density at radius 2 is 1.64 bits per heavy atom. The Balaban J connectivity index is 2.13. The Morgan fingerprint density at radius 1 is 0.864 bits per heavy atom. The van der Waals surface area contributed by atoms with Crippen LogP contribution < -0.4 is 0 Å². The van der Waals surface area contributed by atoms with Gasteiger partial charge in [0.15, 0.2) is 5.78 Å². The van der Waals surface area contributed by atoms with Crippen LogP contribution in [0.15, 0.2) is 66.9 Å². The molecule has 22 heavy (non-hydrogen) atoms. The molecule has 1 heterocycles. The van der Waals surface area contributed by atoms with Crippen LogP contribution >= 0.6 is 23.2 Å². The fourth-order valence-corrected chi connectivity index (χ4v) is 2.66. The van der Waals surface area contributed by atoms with Crippen molar-refractivity contribution in [2.75, 3.05) is 0 Å². The molecule has 0 atom stereocenters. The third-order valence-corrected chi connectivity index (χ3v) is 3.83. The van der Waals surface area contributed by atoms with E-state index in [0.717, 1.165) is 5.56 Å². The summed E-state index contributed by atoms with van der Waals surface area (Å²) in [7, 11) is 0. The normalized spacial score (nSPS) is 10.5. The number of nitrogens with zero attached hydrogens (tertiary/aromatic N) is 1. The highest BCUT2D eigenvalue weighted by atomic mass is 35.5. The van der Waals surface area contributed by atoms with Crippen molar-refractivity contribution in [3.8, 4) is 11.3 Å². The summed E-state index contributed by atoms with van der Waals surface area (Å²) in [6.45, 7) is 0. The fraction of sp³-hybridized carbons (Fsp3) is 0. The molecule has 3 aromatic rings. The standard InChI is InChI=1S/C18H11Cl2NO/c19-13-6-3-5-12(11-13)17-15(8-4-10-21-17)18(22)14-7-1-2-9-16(14)20/h1-11H. The number of halogens is 2. The monoisotopic (exact) mass is 327 g/mol. The zero-order chi connectivity index (χ0) is 15.5. The van der Waals surface area contributed by atoms with Gasteiger partial charge in [0.1, 0.15) is 0 Å². The summed E-state index contributed by atoms with van der Waals surface area (Å²) in [6.07, 6.45) is 1.65. The number of benzene rings is 2. The summed E-state index contributed by atoms with van der Waals surface area (Å²) in [4.78, 5) is 17.1. The van der Waals surface area contributed by atoms with E-state index in [0.29, 0.717) is 26.9 Å². The van der Waals surface area contributed by atoms with Gasteiger partial charge in [-0.25, -0.2) is 0 Å². The number of ketones is 1. The Labute approximate surface area is 138 Å². The van der Waals surface area contributed by atoms with Crippen LogP contribution in [0.2, 0.25) is 10.0 Å².